The van der Waals surface area contributed by atoms with E-state index in [1.807, 2.05) is 24.9 Å². The number of aromatic nitrogens is 1. The van der Waals surface area contributed by atoms with E-state index in [9.17, 15) is 5.11 Å². The van der Waals surface area contributed by atoms with Gasteiger partial charge >= 0.3 is 0 Å². The number of aryl methyl sites for hydroxylation is 1. The fourth-order valence-corrected chi connectivity index (χ4v) is 2.79. The molecule has 0 aliphatic carbocycles. The number of pyridine rings is 1. The van der Waals surface area contributed by atoms with Crippen LogP contribution in [-0.4, -0.2) is 22.4 Å². The molecule has 0 aliphatic heterocycles. The summed E-state index contributed by atoms with van der Waals surface area (Å²) in [6, 6.07) is 0. The Labute approximate surface area is 114 Å². The number of aromatic hydroxyl groups is 1. The smallest absolute Gasteiger partial charge is 0.141 e. The quantitative estimate of drug-likeness (QED) is 0.711. The van der Waals surface area contributed by atoms with E-state index in [0.29, 0.717) is 11.4 Å². The highest BCUT2D eigenvalue weighted by Gasteiger charge is 2.11. The third-order valence-corrected chi connectivity index (χ3v) is 3.97. The van der Waals surface area contributed by atoms with Crippen LogP contribution in [0.3, 0.4) is 0 Å². The van der Waals surface area contributed by atoms with E-state index in [0.717, 1.165) is 30.0 Å². The van der Waals surface area contributed by atoms with Crippen LogP contribution in [0.1, 0.15) is 43.5 Å². The van der Waals surface area contributed by atoms with Crippen LogP contribution in [0.2, 0.25) is 0 Å². The normalized spacial score (nSPS) is 10.8. The van der Waals surface area contributed by atoms with Gasteiger partial charge in [0, 0.05) is 24.1 Å². The van der Waals surface area contributed by atoms with Crippen molar-refractivity contribution in [1.82, 2.24) is 10.3 Å². The van der Waals surface area contributed by atoms with Crippen molar-refractivity contribution in [2.45, 2.75) is 45.9 Å². The molecule has 18 heavy (non-hydrogen) atoms. The van der Waals surface area contributed by atoms with Gasteiger partial charge in [0.1, 0.15) is 5.75 Å². The molecule has 1 heterocycles. The fourth-order valence-electron chi connectivity index (χ4n) is 1.68. The van der Waals surface area contributed by atoms with Crippen molar-refractivity contribution in [3.63, 3.8) is 0 Å². The van der Waals surface area contributed by atoms with Crippen LogP contribution in [-0.2, 0) is 12.3 Å². The highest BCUT2D eigenvalue weighted by molar-refractivity contribution is 7.98. The first kappa shape index (κ1) is 15.3. The summed E-state index contributed by atoms with van der Waals surface area (Å²) >= 11 is 1.91. The van der Waals surface area contributed by atoms with Gasteiger partial charge < -0.3 is 10.4 Å². The molecular formula is C14H24N2OS. The lowest BCUT2D eigenvalue weighted by atomic mass is 10.1. The SMILES string of the molecule is CCCCSCc1cnc(C)c(O)c1CNCC. The summed E-state index contributed by atoms with van der Waals surface area (Å²) in [5.41, 5.74) is 2.87. The largest absolute Gasteiger partial charge is 0.506 e. The number of unbranched alkanes of at least 4 members (excludes halogenated alkanes) is 1. The number of nitrogens with one attached hydrogen (secondary N) is 1. The van der Waals surface area contributed by atoms with Crippen molar-refractivity contribution in [1.29, 1.82) is 0 Å². The van der Waals surface area contributed by atoms with E-state index in [4.69, 9.17) is 0 Å². The minimum Gasteiger partial charge on any atom is -0.506 e. The number of rotatable bonds is 8. The van der Waals surface area contributed by atoms with Gasteiger partial charge in [0.05, 0.1) is 5.69 Å². The minimum atomic E-state index is 0.351. The van der Waals surface area contributed by atoms with Gasteiger partial charge in [-0.2, -0.15) is 11.8 Å². The molecule has 0 saturated carbocycles. The third kappa shape index (κ3) is 4.50. The van der Waals surface area contributed by atoms with E-state index >= 15 is 0 Å². The summed E-state index contributed by atoms with van der Waals surface area (Å²) in [4.78, 5) is 4.26. The van der Waals surface area contributed by atoms with E-state index in [-0.39, 0.29) is 0 Å². The second-order valence-electron chi connectivity index (χ2n) is 4.38. The van der Waals surface area contributed by atoms with Crippen LogP contribution in [0, 0.1) is 6.92 Å². The van der Waals surface area contributed by atoms with Gasteiger partial charge in [-0.05, 0) is 31.2 Å². The van der Waals surface area contributed by atoms with Gasteiger partial charge in [0.15, 0.2) is 0 Å². The molecule has 1 rings (SSSR count). The molecular weight excluding hydrogens is 244 g/mol. The van der Waals surface area contributed by atoms with E-state index in [2.05, 4.69) is 24.1 Å². The molecule has 0 saturated heterocycles. The zero-order valence-corrected chi connectivity index (χ0v) is 12.4. The molecule has 1 aromatic heterocycles. The predicted molar refractivity (Wildman–Crippen MR) is 79.1 cm³/mol. The molecule has 3 nitrogen and oxygen atoms in total. The van der Waals surface area contributed by atoms with E-state index < -0.39 is 0 Å². The molecule has 0 spiro atoms. The first-order valence-corrected chi connectivity index (χ1v) is 7.80. The predicted octanol–water partition coefficient (Wildman–Crippen LogP) is 3.24. The summed E-state index contributed by atoms with van der Waals surface area (Å²) < 4.78 is 0. The van der Waals surface area contributed by atoms with Crippen LogP contribution in [0.25, 0.3) is 0 Å². The van der Waals surface area contributed by atoms with Crippen molar-refractivity contribution in [3.8, 4) is 5.75 Å². The molecule has 102 valence electrons. The van der Waals surface area contributed by atoms with Crippen LogP contribution in [0.5, 0.6) is 5.75 Å². The van der Waals surface area contributed by atoms with Crippen molar-refractivity contribution in [2.75, 3.05) is 12.3 Å². The molecule has 4 heteroatoms. The van der Waals surface area contributed by atoms with Gasteiger partial charge in [0.25, 0.3) is 0 Å². The Bertz CT molecular complexity index is 369. The Hall–Kier alpha value is -0.740. The van der Waals surface area contributed by atoms with E-state index in [1.165, 1.54) is 18.6 Å². The number of hydrogen-bond donors (Lipinski definition) is 2. The summed E-state index contributed by atoms with van der Waals surface area (Å²) in [6.07, 6.45) is 4.38. The second kappa shape index (κ2) is 8.38. The van der Waals surface area contributed by atoms with Crippen molar-refractivity contribution < 1.29 is 5.11 Å². The standard InChI is InChI=1S/C14H24N2OS/c1-4-6-7-18-10-12-8-16-11(3)14(17)13(12)9-15-5-2/h8,15,17H,4-7,9-10H2,1-3H3. The average molecular weight is 268 g/mol. The molecule has 0 unspecified atom stereocenters. The maximum atomic E-state index is 10.1. The van der Waals surface area contributed by atoms with Crippen LogP contribution >= 0.6 is 11.8 Å². The van der Waals surface area contributed by atoms with Gasteiger partial charge in [-0.15, -0.1) is 0 Å². The number of nitrogens with zero attached hydrogens (tertiary/aromatic N) is 1. The minimum absolute atomic E-state index is 0.351. The monoisotopic (exact) mass is 268 g/mol. The number of thioether (sulfide) groups is 1. The maximum Gasteiger partial charge on any atom is 0.141 e. The molecule has 0 fully saturated rings. The van der Waals surface area contributed by atoms with Gasteiger partial charge in [-0.25, -0.2) is 0 Å². The lowest BCUT2D eigenvalue weighted by Gasteiger charge is -2.13. The molecule has 1 aromatic rings. The topological polar surface area (TPSA) is 45.2 Å². The van der Waals surface area contributed by atoms with Crippen LogP contribution in [0.4, 0.5) is 0 Å². The van der Waals surface area contributed by atoms with Crippen molar-refractivity contribution >= 4 is 11.8 Å². The molecule has 0 amide bonds. The zero-order valence-electron chi connectivity index (χ0n) is 11.6. The Morgan fingerprint density at radius 1 is 1.39 bits per heavy atom. The van der Waals surface area contributed by atoms with Crippen molar-refractivity contribution in [3.05, 3.63) is 23.0 Å². The first-order chi connectivity index (χ1) is 8.70. The fraction of sp³-hybridized carbons (Fsp3) is 0.643. The Balaban J connectivity index is 2.72. The summed E-state index contributed by atoms with van der Waals surface area (Å²) in [5, 5.41) is 13.4. The van der Waals surface area contributed by atoms with Crippen molar-refractivity contribution in [2.24, 2.45) is 0 Å². The lowest BCUT2D eigenvalue weighted by Crippen LogP contribution is -2.14. The summed E-state index contributed by atoms with van der Waals surface area (Å²) in [7, 11) is 0. The second-order valence-corrected chi connectivity index (χ2v) is 5.49. The highest BCUT2D eigenvalue weighted by atomic mass is 32.2. The average Bonchev–Trinajstić information content (AvgIpc) is 2.38. The maximum absolute atomic E-state index is 10.1. The van der Waals surface area contributed by atoms with Gasteiger partial charge in [-0.3, -0.25) is 4.98 Å². The molecule has 0 atom stereocenters. The Morgan fingerprint density at radius 2 is 2.17 bits per heavy atom. The molecule has 0 radical (unpaired) electrons. The third-order valence-electron chi connectivity index (χ3n) is 2.88. The Kier molecular flexibility index (Phi) is 7.13. The lowest BCUT2D eigenvalue weighted by molar-refractivity contribution is 0.456. The van der Waals surface area contributed by atoms with E-state index in [1.54, 1.807) is 0 Å². The summed E-state index contributed by atoms with van der Waals surface area (Å²) in [6.45, 7) is 7.74. The molecule has 2 N–H and O–H groups in total. The molecule has 0 aromatic carbocycles. The first-order valence-electron chi connectivity index (χ1n) is 6.65. The van der Waals surface area contributed by atoms with Crippen LogP contribution in [0.15, 0.2) is 6.20 Å². The van der Waals surface area contributed by atoms with Gasteiger partial charge in [-0.1, -0.05) is 20.3 Å². The highest BCUT2D eigenvalue weighted by Crippen LogP contribution is 2.26. The molecule has 0 aliphatic rings. The Morgan fingerprint density at radius 3 is 2.83 bits per heavy atom. The summed E-state index contributed by atoms with van der Waals surface area (Å²) in [5.74, 6) is 2.46. The zero-order chi connectivity index (χ0) is 13.4. The van der Waals surface area contributed by atoms with Crippen LogP contribution < -0.4 is 5.32 Å². The van der Waals surface area contributed by atoms with Gasteiger partial charge in [0.2, 0.25) is 0 Å². The molecule has 0 bridgehead atoms. The number of hydrogen-bond acceptors (Lipinski definition) is 4.